The summed E-state index contributed by atoms with van der Waals surface area (Å²) in [6.45, 7) is 0. The van der Waals surface area contributed by atoms with E-state index >= 15 is 0 Å². The zero-order valence-electron chi connectivity index (χ0n) is 6.14. The molecule has 0 atom stereocenters. The van der Waals surface area contributed by atoms with Crippen molar-refractivity contribution in [2.45, 2.75) is 4.21 Å². The van der Waals surface area contributed by atoms with Gasteiger partial charge in [-0.3, -0.25) is 4.98 Å². The minimum Gasteiger partial charge on any atom is -0.264 e. The third-order valence-corrected chi connectivity index (χ3v) is 2.64. The second kappa shape index (κ2) is 3.25. The molecule has 12 heavy (non-hydrogen) atoms. The SMILES string of the molecule is Sc1cnc(-c2cccnc2)s1. The maximum Gasteiger partial charge on any atom is 0.125 e. The van der Waals surface area contributed by atoms with Crippen LogP contribution < -0.4 is 0 Å². The van der Waals surface area contributed by atoms with Crippen molar-refractivity contribution in [3.8, 4) is 10.6 Å². The third kappa shape index (κ3) is 1.49. The van der Waals surface area contributed by atoms with Crippen molar-refractivity contribution in [1.29, 1.82) is 0 Å². The monoisotopic (exact) mass is 194 g/mol. The van der Waals surface area contributed by atoms with Gasteiger partial charge in [0.1, 0.15) is 5.01 Å². The lowest BCUT2D eigenvalue weighted by molar-refractivity contribution is 1.31. The molecule has 2 rings (SSSR count). The van der Waals surface area contributed by atoms with Crippen molar-refractivity contribution >= 4 is 24.0 Å². The van der Waals surface area contributed by atoms with E-state index in [1.54, 1.807) is 29.9 Å². The topological polar surface area (TPSA) is 25.8 Å². The van der Waals surface area contributed by atoms with Crippen LogP contribution in [0.5, 0.6) is 0 Å². The maximum absolute atomic E-state index is 4.19. The molecule has 0 amide bonds. The molecule has 0 radical (unpaired) electrons. The molecular formula is C8H6N2S2. The number of nitrogens with zero attached hydrogens (tertiary/aromatic N) is 2. The second-order valence-corrected chi connectivity index (χ2v) is 4.06. The Balaban J connectivity index is 2.45. The van der Waals surface area contributed by atoms with E-state index in [4.69, 9.17) is 0 Å². The summed E-state index contributed by atoms with van der Waals surface area (Å²) in [7, 11) is 0. The number of rotatable bonds is 1. The van der Waals surface area contributed by atoms with Crippen LogP contribution in [0.3, 0.4) is 0 Å². The summed E-state index contributed by atoms with van der Waals surface area (Å²) in [6, 6.07) is 3.88. The summed E-state index contributed by atoms with van der Waals surface area (Å²) < 4.78 is 0.925. The highest BCUT2D eigenvalue weighted by atomic mass is 32.2. The van der Waals surface area contributed by atoms with Crippen LogP contribution in [-0.4, -0.2) is 9.97 Å². The highest BCUT2D eigenvalue weighted by Crippen LogP contribution is 2.25. The van der Waals surface area contributed by atoms with Crippen LogP contribution in [-0.2, 0) is 0 Å². The quantitative estimate of drug-likeness (QED) is 0.706. The number of hydrogen-bond acceptors (Lipinski definition) is 4. The Morgan fingerprint density at radius 2 is 2.25 bits per heavy atom. The van der Waals surface area contributed by atoms with Gasteiger partial charge >= 0.3 is 0 Å². The summed E-state index contributed by atoms with van der Waals surface area (Å²) in [5, 5.41) is 0.966. The van der Waals surface area contributed by atoms with Gasteiger partial charge < -0.3 is 0 Å². The molecule has 2 aromatic rings. The number of pyridine rings is 1. The van der Waals surface area contributed by atoms with E-state index in [0.717, 1.165) is 14.8 Å². The van der Waals surface area contributed by atoms with Gasteiger partial charge in [0.05, 0.1) is 10.4 Å². The largest absolute Gasteiger partial charge is 0.264 e. The lowest BCUT2D eigenvalue weighted by atomic mass is 10.3. The lowest BCUT2D eigenvalue weighted by Crippen LogP contribution is -1.75. The van der Waals surface area contributed by atoms with Crippen LogP contribution in [0.15, 0.2) is 34.9 Å². The molecule has 0 N–H and O–H groups in total. The Labute approximate surface area is 79.7 Å². The maximum atomic E-state index is 4.19. The van der Waals surface area contributed by atoms with Gasteiger partial charge in [-0.2, -0.15) is 0 Å². The first-order valence-corrected chi connectivity index (χ1v) is 4.68. The average Bonchev–Trinajstić information content (AvgIpc) is 2.54. The van der Waals surface area contributed by atoms with Gasteiger partial charge in [-0.25, -0.2) is 4.98 Å². The number of thiazole rings is 1. The fourth-order valence-electron chi connectivity index (χ4n) is 0.888. The Hall–Kier alpha value is -0.870. The molecule has 0 aromatic carbocycles. The Bertz CT molecular complexity index is 370. The van der Waals surface area contributed by atoms with E-state index in [9.17, 15) is 0 Å². The molecule has 0 spiro atoms. The molecule has 2 aromatic heterocycles. The molecule has 2 heterocycles. The van der Waals surface area contributed by atoms with E-state index in [1.807, 2.05) is 12.1 Å². The minimum absolute atomic E-state index is 0.925. The first-order chi connectivity index (χ1) is 5.86. The van der Waals surface area contributed by atoms with Gasteiger partial charge in [0.25, 0.3) is 0 Å². The van der Waals surface area contributed by atoms with Crippen LogP contribution in [0.1, 0.15) is 0 Å². The van der Waals surface area contributed by atoms with E-state index in [-0.39, 0.29) is 0 Å². The van der Waals surface area contributed by atoms with Crippen LogP contribution in [0.2, 0.25) is 0 Å². The van der Waals surface area contributed by atoms with E-state index in [0.29, 0.717) is 0 Å². The molecule has 0 saturated carbocycles. The van der Waals surface area contributed by atoms with Crippen LogP contribution in [0, 0.1) is 0 Å². The van der Waals surface area contributed by atoms with E-state index in [2.05, 4.69) is 22.6 Å². The van der Waals surface area contributed by atoms with Crippen LogP contribution in [0.4, 0.5) is 0 Å². The van der Waals surface area contributed by atoms with Crippen molar-refractivity contribution in [3.05, 3.63) is 30.7 Å². The predicted molar refractivity (Wildman–Crippen MR) is 52.6 cm³/mol. The number of aromatic nitrogens is 2. The Morgan fingerprint density at radius 3 is 2.83 bits per heavy atom. The standard InChI is InChI=1S/C8H6N2S2/c11-7-5-10-8(12-7)6-2-1-3-9-4-6/h1-5,11H. The first kappa shape index (κ1) is 7.76. The highest BCUT2D eigenvalue weighted by molar-refractivity contribution is 7.83. The Morgan fingerprint density at radius 1 is 1.33 bits per heavy atom. The second-order valence-electron chi connectivity index (χ2n) is 2.25. The van der Waals surface area contributed by atoms with Crippen LogP contribution in [0.25, 0.3) is 10.6 Å². The summed E-state index contributed by atoms with van der Waals surface area (Å²) in [4.78, 5) is 8.20. The normalized spacial score (nSPS) is 10.1. The van der Waals surface area contributed by atoms with Gasteiger partial charge in [-0.05, 0) is 12.1 Å². The zero-order valence-corrected chi connectivity index (χ0v) is 7.85. The molecule has 0 aliphatic rings. The fourth-order valence-corrected chi connectivity index (χ4v) is 1.85. The number of thiol groups is 1. The van der Waals surface area contributed by atoms with Crippen molar-refractivity contribution in [2.24, 2.45) is 0 Å². The van der Waals surface area contributed by atoms with Gasteiger partial charge in [-0.1, -0.05) is 0 Å². The van der Waals surface area contributed by atoms with Crippen molar-refractivity contribution < 1.29 is 0 Å². The van der Waals surface area contributed by atoms with Gasteiger partial charge in [0.15, 0.2) is 0 Å². The molecule has 0 bridgehead atoms. The molecule has 0 aliphatic heterocycles. The summed E-state index contributed by atoms with van der Waals surface area (Å²) in [6.07, 6.45) is 5.29. The average molecular weight is 194 g/mol. The van der Waals surface area contributed by atoms with Crippen molar-refractivity contribution in [2.75, 3.05) is 0 Å². The minimum atomic E-state index is 0.925. The molecule has 0 fully saturated rings. The van der Waals surface area contributed by atoms with Crippen molar-refractivity contribution in [1.82, 2.24) is 9.97 Å². The molecule has 0 saturated heterocycles. The van der Waals surface area contributed by atoms with Gasteiger partial charge in [0.2, 0.25) is 0 Å². The molecule has 2 nitrogen and oxygen atoms in total. The predicted octanol–water partition coefficient (Wildman–Crippen LogP) is 2.49. The summed E-state index contributed by atoms with van der Waals surface area (Å²) >= 11 is 5.74. The van der Waals surface area contributed by atoms with Crippen LogP contribution >= 0.6 is 24.0 Å². The number of hydrogen-bond donors (Lipinski definition) is 1. The van der Waals surface area contributed by atoms with Gasteiger partial charge in [0, 0.05) is 18.0 Å². The summed E-state index contributed by atoms with van der Waals surface area (Å²) in [5.41, 5.74) is 1.04. The third-order valence-electron chi connectivity index (χ3n) is 1.40. The highest BCUT2D eigenvalue weighted by Gasteiger charge is 2.00. The molecular weight excluding hydrogens is 188 g/mol. The van der Waals surface area contributed by atoms with E-state index in [1.165, 1.54) is 0 Å². The summed E-state index contributed by atoms with van der Waals surface area (Å²) in [5.74, 6) is 0. The molecule has 60 valence electrons. The molecule has 4 heteroatoms. The molecule has 0 unspecified atom stereocenters. The Kier molecular flexibility index (Phi) is 2.10. The fraction of sp³-hybridized carbons (Fsp3) is 0. The van der Waals surface area contributed by atoms with E-state index < -0.39 is 0 Å². The zero-order chi connectivity index (χ0) is 8.39. The lowest BCUT2D eigenvalue weighted by Gasteiger charge is -1.91. The van der Waals surface area contributed by atoms with Crippen molar-refractivity contribution in [3.63, 3.8) is 0 Å². The smallest absolute Gasteiger partial charge is 0.125 e. The molecule has 0 aliphatic carbocycles. The first-order valence-electron chi connectivity index (χ1n) is 3.41. The van der Waals surface area contributed by atoms with Gasteiger partial charge in [-0.15, -0.1) is 24.0 Å².